The molecule has 5 rings (SSSR count). The molecular weight excluding hydrogens is 490 g/mol. The Bertz CT molecular complexity index is 1390. The van der Waals surface area contributed by atoms with Gasteiger partial charge in [0.1, 0.15) is 23.4 Å². The minimum Gasteiger partial charge on any atom is -0.507 e. The second-order valence-electron chi connectivity index (χ2n) is 10.8. The summed E-state index contributed by atoms with van der Waals surface area (Å²) in [7, 11) is 0. The van der Waals surface area contributed by atoms with E-state index in [4.69, 9.17) is 9.47 Å². The number of fused-ring (bicyclic) bond motifs is 1. The molecule has 0 unspecified atom stereocenters. The minimum atomic E-state index is -0.731. The number of Topliss-reactive ketones (excluding diaryl/α,β-unsaturated/α-hetero) is 1. The average molecular weight is 526 g/mol. The van der Waals surface area contributed by atoms with E-state index in [2.05, 4.69) is 13.8 Å². The first-order chi connectivity index (χ1) is 18.8. The fourth-order valence-corrected chi connectivity index (χ4v) is 5.26. The molecule has 2 heterocycles. The van der Waals surface area contributed by atoms with E-state index in [1.54, 1.807) is 11.0 Å². The van der Waals surface area contributed by atoms with Crippen LogP contribution >= 0.6 is 0 Å². The molecule has 0 aliphatic carbocycles. The Morgan fingerprint density at radius 3 is 2.62 bits per heavy atom. The zero-order valence-corrected chi connectivity index (χ0v) is 22.7. The summed E-state index contributed by atoms with van der Waals surface area (Å²) in [6.07, 6.45) is 2.28. The number of rotatable bonds is 9. The Kier molecular flexibility index (Phi) is 7.73. The van der Waals surface area contributed by atoms with Crippen LogP contribution in [0.3, 0.4) is 0 Å². The quantitative estimate of drug-likeness (QED) is 0.208. The Morgan fingerprint density at radius 1 is 1.05 bits per heavy atom. The molecule has 39 heavy (non-hydrogen) atoms. The van der Waals surface area contributed by atoms with E-state index in [9.17, 15) is 14.7 Å². The van der Waals surface area contributed by atoms with Crippen molar-refractivity contribution in [1.82, 2.24) is 4.90 Å². The first kappa shape index (κ1) is 26.5. The van der Waals surface area contributed by atoms with Crippen LogP contribution in [0.2, 0.25) is 0 Å². The molecule has 1 fully saturated rings. The fourth-order valence-electron chi connectivity index (χ4n) is 5.26. The van der Waals surface area contributed by atoms with Crippen molar-refractivity contribution in [2.24, 2.45) is 5.92 Å². The van der Waals surface area contributed by atoms with E-state index >= 15 is 0 Å². The molecule has 0 saturated carbocycles. The van der Waals surface area contributed by atoms with Gasteiger partial charge < -0.3 is 19.5 Å². The Morgan fingerprint density at radius 2 is 1.85 bits per heavy atom. The molecule has 1 amide bonds. The Hall–Kier alpha value is -4.06. The predicted octanol–water partition coefficient (Wildman–Crippen LogP) is 6.10. The van der Waals surface area contributed by atoms with Crippen molar-refractivity contribution in [2.45, 2.75) is 52.2 Å². The van der Waals surface area contributed by atoms with Crippen molar-refractivity contribution in [3.8, 4) is 11.5 Å². The van der Waals surface area contributed by atoms with Crippen LogP contribution in [-0.2, 0) is 22.4 Å². The molecule has 0 aromatic heterocycles. The molecule has 6 nitrogen and oxygen atoms in total. The van der Waals surface area contributed by atoms with E-state index in [1.165, 1.54) is 0 Å². The van der Waals surface area contributed by atoms with Gasteiger partial charge in [-0.1, -0.05) is 56.3 Å². The molecule has 2 atom stereocenters. The van der Waals surface area contributed by atoms with Gasteiger partial charge in [0.05, 0.1) is 18.2 Å². The summed E-state index contributed by atoms with van der Waals surface area (Å²) in [5.41, 5.74) is 3.36. The first-order valence-corrected chi connectivity index (χ1v) is 13.7. The smallest absolute Gasteiger partial charge is 0.295 e. The lowest BCUT2D eigenvalue weighted by molar-refractivity contribution is -0.139. The molecule has 0 radical (unpaired) electrons. The van der Waals surface area contributed by atoms with Crippen LogP contribution in [0.15, 0.2) is 78.4 Å². The fraction of sp³-hybridized carbons (Fsp3) is 0.333. The summed E-state index contributed by atoms with van der Waals surface area (Å²) in [4.78, 5) is 28.5. The Balaban J connectivity index is 1.53. The Labute approximate surface area is 229 Å². The summed E-state index contributed by atoms with van der Waals surface area (Å²) in [5.74, 6) is 0.507. The van der Waals surface area contributed by atoms with Crippen molar-refractivity contribution < 1.29 is 24.2 Å². The van der Waals surface area contributed by atoms with Crippen molar-refractivity contribution >= 4 is 17.4 Å². The maximum atomic E-state index is 13.5. The van der Waals surface area contributed by atoms with E-state index in [0.29, 0.717) is 36.8 Å². The summed E-state index contributed by atoms with van der Waals surface area (Å²) < 4.78 is 11.8. The van der Waals surface area contributed by atoms with Crippen LogP contribution in [-0.4, -0.2) is 41.0 Å². The number of hydrogen-bond acceptors (Lipinski definition) is 5. The lowest BCUT2D eigenvalue weighted by atomic mass is 9.94. The van der Waals surface area contributed by atoms with Gasteiger partial charge in [-0.15, -0.1) is 0 Å². The second-order valence-corrected chi connectivity index (χ2v) is 10.8. The highest BCUT2D eigenvalue weighted by Crippen LogP contribution is 2.41. The third-order valence-corrected chi connectivity index (χ3v) is 7.33. The minimum absolute atomic E-state index is 0.0550. The highest BCUT2D eigenvalue weighted by molar-refractivity contribution is 6.46. The van der Waals surface area contributed by atoms with Crippen LogP contribution in [0.4, 0.5) is 0 Å². The van der Waals surface area contributed by atoms with Crippen LogP contribution in [0.5, 0.6) is 11.5 Å². The van der Waals surface area contributed by atoms with Crippen LogP contribution in [0, 0.1) is 5.92 Å². The van der Waals surface area contributed by atoms with Gasteiger partial charge in [0.2, 0.25) is 0 Å². The van der Waals surface area contributed by atoms with E-state index < -0.39 is 17.7 Å². The molecule has 0 spiro atoms. The number of carbonyl (C=O) groups is 2. The van der Waals surface area contributed by atoms with Crippen molar-refractivity contribution in [3.05, 3.63) is 101 Å². The van der Waals surface area contributed by atoms with Gasteiger partial charge in [-0.3, -0.25) is 9.59 Å². The molecule has 3 aromatic rings. The molecule has 1 N–H and O–H groups in total. The maximum absolute atomic E-state index is 13.5. The van der Waals surface area contributed by atoms with Crippen molar-refractivity contribution in [1.29, 1.82) is 0 Å². The molecule has 2 aliphatic rings. The maximum Gasteiger partial charge on any atom is 0.295 e. The number of hydrogen-bond donors (Lipinski definition) is 1. The second kappa shape index (κ2) is 11.4. The summed E-state index contributed by atoms with van der Waals surface area (Å²) in [6.45, 7) is 7.19. The van der Waals surface area contributed by atoms with E-state index in [-0.39, 0.29) is 17.4 Å². The lowest BCUT2D eigenvalue weighted by Crippen LogP contribution is -2.31. The average Bonchev–Trinajstić information content (AvgIpc) is 3.42. The zero-order chi connectivity index (χ0) is 27.5. The number of benzene rings is 3. The number of carbonyl (C=O) groups excluding carboxylic acids is 2. The molecule has 1 saturated heterocycles. The zero-order valence-electron chi connectivity index (χ0n) is 22.7. The highest BCUT2D eigenvalue weighted by Gasteiger charge is 2.46. The highest BCUT2D eigenvalue weighted by atomic mass is 16.5. The van der Waals surface area contributed by atoms with Crippen LogP contribution in [0.1, 0.15) is 55.5 Å². The lowest BCUT2D eigenvalue weighted by Gasteiger charge is -2.26. The van der Waals surface area contributed by atoms with Gasteiger partial charge in [0, 0.05) is 18.5 Å². The molecule has 202 valence electrons. The molecular formula is C33H35NO5. The normalized spacial score (nSPS) is 19.8. The monoisotopic (exact) mass is 525 g/mol. The summed E-state index contributed by atoms with van der Waals surface area (Å²) >= 11 is 0. The summed E-state index contributed by atoms with van der Waals surface area (Å²) in [6, 6.07) is 22.0. The van der Waals surface area contributed by atoms with Gasteiger partial charge >= 0.3 is 0 Å². The number of ketones is 1. The van der Waals surface area contributed by atoms with Crippen LogP contribution < -0.4 is 9.47 Å². The molecule has 0 bridgehead atoms. The van der Waals surface area contributed by atoms with Crippen molar-refractivity contribution in [3.63, 3.8) is 0 Å². The first-order valence-electron chi connectivity index (χ1n) is 13.7. The van der Waals surface area contributed by atoms with E-state index in [1.807, 2.05) is 73.7 Å². The van der Waals surface area contributed by atoms with Gasteiger partial charge in [-0.25, -0.2) is 0 Å². The number of ether oxygens (including phenoxy) is 2. The summed E-state index contributed by atoms with van der Waals surface area (Å²) in [5, 5.41) is 11.5. The standard InChI is InChI=1S/C33H35NO5/c1-21(2)15-17-38-27-11-7-10-24(20-27)30-29(31(35)25-12-13-28-26(19-25)18-22(3)39-28)32(36)33(37)34(30)16-14-23-8-5-4-6-9-23/h4-13,19-22,30,35H,14-18H2,1-3H3/b31-29+/t22-,30+/m0/s1. The van der Waals surface area contributed by atoms with Gasteiger partial charge in [0.15, 0.2) is 0 Å². The SMILES string of the molecule is CC(C)CCOc1cccc([C@@H]2/C(=C(\O)c3ccc4c(c3)C[C@H](C)O4)C(=O)C(=O)N2CCc2ccccc2)c1. The van der Waals surface area contributed by atoms with Gasteiger partial charge in [-0.2, -0.15) is 0 Å². The van der Waals surface area contributed by atoms with Gasteiger partial charge in [-0.05, 0) is 72.7 Å². The third-order valence-electron chi connectivity index (χ3n) is 7.33. The number of nitrogens with zero attached hydrogens (tertiary/aromatic N) is 1. The molecule has 3 aromatic carbocycles. The number of amides is 1. The third kappa shape index (κ3) is 5.70. The molecule has 6 heteroatoms. The largest absolute Gasteiger partial charge is 0.507 e. The van der Waals surface area contributed by atoms with Crippen LogP contribution in [0.25, 0.3) is 5.76 Å². The number of aliphatic hydroxyl groups excluding tert-OH is 1. The van der Waals surface area contributed by atoms with Gasteiger partial charge in [0.25, 0.3) is 11.7 Å². The number of aliphatic hydroxyl groups is 1. The number of likely N-dealkylation sites (tertiary alicyclic amines) is 1. The molecule has 2 aliphatic heterocycles. The predicted molar refractivity (Wildman–Crippen MR) is 151 cm³/mol. The topological polar surface area (TPSA) is 76.1 Å². The van der Waals surface area contributed by atoms with E-state index in [0.717, 1.165) is 35.3 Å². The van der Waals surface area contributed by atoms with Crippen molar-refractivity contribution in [2.75, 3.05) is 13.2 Å².